The summed E-state index contributed by atoms with van der Waals surface area (Å²) in [7, 11) is 1.63. The molecule has 28 heavy (non-hydrogen) atoms. The molecule has 1 aromatic heterocycles. The van der Waals surface area contributed by atoms with Gasteiger partial charge in [-0.3, -0.25) is 9.36 Å². The maximum Gasteiger partial charge on any atom is 0.226 e. The first-order chi connectivity index (χ1) is 13.6. The molecule has 3 aromatic rings. The Morgan fingerprint density at radius 3 is 2.61 bits per heavy atom. The number of rotatable bonds is 5. The van der Waals surface area contributed by atoms with Gasteiger partial charge in [-0.05, 0) is 44.2 Å². The molecule has 144 valence electrons. The number of hydrogen-bond donors (Lipinski definition) is 1. The number of fused-ring (bicyclic) bond motifs is 1. The van der Waals surface area contributed by atoms with Crippen molar-refractivity contribution in [2.24, 2.45) is 0 Å². The molecule has 0 fully saturated rings. The maximum atomic E-state index is 12.5. The first kappa shape index (κ1) is 18.1. The van der Waals surface area contributed by atoms with Gasteiger partial charge in [-0.2, -0.15) is 0 Å². The third kappa shape index (κ3) is 3.33. The van der Waals surface area contributed by atoms with Gasteiger partial charge in [0.15, 0.2) is 0 Å². The molecule has 1 amide bonds. The van der Waals surface area contributed by atoms with Crippen molar-refractivity contribution >= 4 is 11.7 Å². The second kappa shape index (κ2) is 7.38. The van der Waals surface area contributed by atoms with Crippen molar-refractivity contribution in [2.45, 2.75) is 32.3 Å². The molecular formula is C22H23N3O3. The van der Waals surface area contributed by atoms with E-state index in [1.54, 1.807) is 13.4 Å². The molecule has 0 bridgehead atoms. The lowest BCUT2D eigenvalue weighted by Gasteiger charge is -2.25. The first-order valence-corrected chi connectivity index (χ1v) is 9.34. The highest BCUT2D eigenvalue weighted by Gasteiger charge is 2.32. The quantitative estimate of drug-likeness (QED) is 0.726. The summed E-state index contributed by atoms with van der Waals surface area (Å²) < 4.78 is 13.1. The number of ether oxygens (including phenoxy) is 2. The van der Waals surface area contributed by atoms with Crippen LogP contribution in [-0.2, 0) is 4.79 Å². The van der Waals surface area contributed by atoms with Gasteiger partial charge in [-0.15, -0.1) is 0 Å². The highest BCUT2D eigenvalue weighted by molar-refractivity contribution is 5.94. The van der Waals surface area contributed by atoms with Crippen LogP contribution in [0.2, 0.25) is 0 Å². The summed E-state index contributed by atoms with van der Waals surface area (Å²) in [6, 6.07) is 15.5. The predicted molar refractivity (Wildman–Crippen MR) is 107 cm³/mol. The van der Waals surface area contributed by atoms with E-state index in [2.05, 4.69) is 10.3 Å². The Morgan fingerprint density at radius 1 is 1.14 bits per heavy atom. The summed E-state index contributed by atoms with van der Waals surface area (Å²) in [4.78, 5) is 17.2. The van der Waals surface area contributed by atoms with Crippen LogP contribution >= 0.6 is 0 Å². The van der Waals surface area contributed by atoms with E-state index >= 15 is 0 Å². The lowest BCUT2D eigenvalue weighted by molar-refractivity contribution is -0.116. The molecular weight excluding hydrogens is 354 g/mol. The molecule has 1 unspecified atom stereocenters. The lowest BCUT2D eigenvalue weighted by Crippen LogP contribution is -2.25. The smallest absolute Gasteiger partial charge is 0.226 e. The molecule has 0 saturated heterocycles. The molecule has 0 saturated carbocycles. The molecule has 2 heterocycles. The van der Waals surface area contributed by atoms with Crippen LogP contribution in [0.25, 0.3) is 5.69 Å². The molecule has 0 radical (unpaired) electrons. The minimum absolute atomic E-state index is 0.0351. The summed E-state index contributed by atoms with van der Waals surface area (Å²) in [5.41, 5.74) is 2.73. The fraction of sp³-hybridized carbons (Fsp3) is 0.273. The van der Waals surface area contributed by atoms with Gasteiger partial charge in [0.2, 0.25) is 5.91 Å². The highest BCUT2D eigenvalue weighted by atomic mass is 16.5. The van der Waals surface area contributed by atoms with E-state index in [4.69, 9.17) is 9.47 Å². The van der Waals surface area contributed by atoms with Crippen molar-refractivity contribution < 1.29 is 14.3 Å². The zero-order valence-electron chi connectivity index (χ0n) is 16.2. The number of aromatic nitrogens is 2. The van der Waals surface area contributed by atoms with Gasteiger partial charge in [-0.1, -0.05) is 18.2 Å². The number of benzene rings is 2. The van der Waals surface area contributed by atoms with Crippen LogP contribution in [-0.4, -0.2) is 28.7 Å². The van der Waals surface area contributed by atoms with Crippen LogP contribution in [0.3, 0.4) is 0 Å². The molecule has 2 aromatic carbocycles. The number of amides is 1. The van der Waals surface area contributed by atoms with E-state index in [-0.39, 0.29) is 17.9 Å². The van der Waals surface area contributed by atoms with Crippen LogP contribution in [0, 0.1) is 0 Å². The van der Waals surface area contributed by atoms with Crippen molar-refractivity contribution in [1.82, 2.24) is 9.55 Å². The van der Waals surface area contributed by atoms with Crippen molar-refractivity contribution in [2.75, 3.05) is 12.4 Å². The summed E-state index contributed by atoms with van der Waals surface area (Å²) in [5.74, 6) is 2.08. The molecule has 0 aliphatic carbocycles. The van der Waals surface area contributed by atoms with Gasteiger partial charge >= 0.3 is 0 Å². The molecule has 0 spiro atoms. The second-order valence-electron chi connectivity index (χ2n) is 7.06. The minimum atomic E-state index is -0.154. The highest BCUT2D eigenvalue weighted by Crippen LogP contribution is 2.41. The number of methoxy groups -OCH3 is 1. The van der Waals surface area contributed by atoms with Crippen LogP contribution in [0.4, 0.5) is 5.82 Å². The van der Waals surface area contributed by atoms with Gasteiger partial charge in [0.05, 0.1) is 18.9 Å². The Morgan fingerprint density at radius 2 is 1.89 bits per heavy atom. The lowest BCUT2D eigenvalue weighted by atomic mass is 9.89. The number of carbonyl (C=O) groups is 1. The zero-order chi connectivity index (χ0) is 19.7. The van der Waals surface area contributed by atoms with Gasteiger partial charge in [0.25, 0.3) is 0 Å². The van der Waals surface area contributed by atoms with E-state index in [1.165, 1.54) is 0 Å². The summed E-state index contributed by atoms with van der Waals surface area (Å²) in [6.07, 6.45) is 2.14. The molecule has 1 aliphatic rings. The molecule has 4 rings (SSSR count). The molecule has 1 atom stereocenters. The molecule has 6 nitrogen and oxygen atoms in total. The average molecular weight is 377 g/mol. The number of carbonyl (C=O) groups excluding carboxylic acids is 1. The maximum absolute atomic E-state index is 12.5. The van der Waals surface area contributed by atoms with E-state index in [0.29, 0.717) is 12.2 Å². The summed E-state index contributed by atoms with van der Waals surface area (Å²) >= 11 is 0. The molecule has 1 N–H and O–H groups in total. The Balaban J connectivity index is 1.77. The molecule has 1 aliphatic heterocycles. The van der Waals surface area contributed by atoms with E-state index in [0.717, 1.165) is 28.4 Å². The van der Waals surface area contributed by atoms with Crippen LogP contribution in [0.1, 0.15) is 37.4 Å². The number of nitrogens with zero attached hydrogens (tertiary/aromatic N) is 2. The second-order valence-corrected chi connectivity index (χ2v) is 7.06. The number of anilines is 1. The zero-order valence-corrected chi connectivity index (χ0v) is 16.2. The van der Waals surface area contributed by atoms with Crippen molar-refractivity contribution in [1.29, 1.82) is 0 Å². The summed E-state index contributed by atoms with van der Waals surface area (Å²) in [5, 5.41) is 2.99. The standard InChI is InChI=1S/C22H23N3O3/c1-14(2)28-19-7-5-4-6-17(19)18-12-20(26)24-22-21(18)23-13-25(22)15-8-10-16(27-3)11-9-15/h4-11,13-14,18H,12H2,1-3H3,(H,24,26). The number of nitrogens with one attached hydrogen (secondary N) is 1. The van der Waals surface area contributed by atoms with Gasteiger partial charge in [0, 0.05) is 23.6 Å². The van der Waals surface area contributed by atoms with Gasteiger partial charge < -0.3 is 14.8 Å². The predicted octanol–water partition coefficient (Wildman–Crippen LogP) is 4.14. The Kier molecular flexibility index (Phi) is 4.77. The topological polar surface area (TPSA) is 65.4 Å². The number of imidazole rings is 1. The van der Waals surface area contributed by atoms with Crippen LogP contribution in [0.5, 0.6) is 11.5 Å². The Hall–Kier alpha value is -3.28. The van der Waals surface area contributed by atoms with Crippen LogP contribution in [0.15, 0.2) is 54.9 Å². The summed E-state index contributed by atoms with van der Waals surface area (Å²) in [6.45, 7) is 3.99. The third-order valence-electron chi connectivity index (χ3n) is 4.78. The minimum Gasteiger partial charge on any atom is -0.497 e. The third-order valence-corrected chi connectivity index (χ3v) is 4.78. The number of hydrogen-bond acceptors (Lipinski definition) is 4. The first-order valence-electron chi connectivity index (χ1n) is 9.34. The van der Waals surface area contributed by atoms with E-state index in [9.17, 15) is 4.79 Å². The normalized spacial score (nSPS) is 15.9. The van der Waals surface area contributed by atoms with Crippen LogP contribution < -0.4 is 14.8 Å². The SMILES string of the molecule is COc1ccc(-n2cnc3c2NC(=O)CC3c2ccccc2OC(C)C)cc1. The van der Waals surface area contributed by atoms with Crippen molar-refractivity contribution in [3.63, 3.8) is 0 Å². The monoisotopic (exact) mass is 377 g/mol. The molecule has 6 heteroatoms. The largest absolute Gasteiger partial charge is 0.497 e. The fourth-order valence-corrected chi connectivity index (χ4v) is 3.53. The van der Waals surface area contributed by atoms with Gasteiger partial charge in [0.1, 0.15) is 23.6 Å². The van der Waals surface area contributed by atoms with Crippen molar-refractivity contribution in [3.8, 4) is 17.2 Å². The van der Waals surface area contributed by atoms with E-state index < -0.39 is 0 Å². The van der Waals surface area contributed by atoms with E-state index in [1.807, 2.05) is 66.9 Å². The average Bonchev–Trinajstić information content (AvgIpc) is 3.11. The Bertz CT molecular complexity index is 993. The fourth-order valence-electron chi connectivity index (χ4n) is 3.53. The van der Waals surface area contributed by atoms with Crippen molar-refractivity contribution in [3.05, 3.63) is 66.1 Å². The number of para-hydroxylation sites is 1. The van der Waals surface area contributed by atoms with Gasteiger partial charge in [-0.25, -0.2) is 4.98 Å². The Labute approximate surface area is 164 Å².